The molecule has 9 heteroatoms. The Bertz CT molecular complexity index is 672. The summed E-state index contributed by atoms with van der Waals surface area (Å²) in [4.78, 5) is 12.3. The standard InChI is InChI=1S/C34H64O9/c1-3-5-7-8-9-10-11-12-13-14-15-16-17-18-19-20-22-24-40-26-28(42-30(36)23-21-6-4-2)27-41-34-33(39)32(38)31(37)29(25-35)43-34/h13-14,28-29,31-35,37-39H,3-12,15-27H2,1-2H3/b14-13-. The highest BCUT2D eigenvalue weighted by Crippen LogP contribution is 2.22. The fourth-order valence-electron chi connectivity index (χ4n) is 5.13. The van der Waals surface area contributed by atoms with Crippen LogP contribution in [0.3, 0.4) is 0 Å². The summed E-state index contributed by atoms with van der Waals surface area (Å²) in [6.45, 7) is 4.35. The number of aliphatic hydroxyl groups excluding tert-OH is 4. The smallest absolute Gasteiger partial charge is 0.306 e. The van der Waals surface area contributed by atoms with Gasteiger partial charge in [0.15, 0.2) is 6.29 Å². The summed E-state index contributed by atoms with van der Waals surface area (Å²) < 4.78 is 22.4. The number of carbonyl (C=O) groups is 1. The van der Waals surface area contributed by atoms with E-state index in [1.807, 2.05) is 0 Å². The van der Waals surface area contributed by atoms with E-state index in [2.05, 4.69) is 26.0 Å². The lowest BCUT2D eigenvalue weighted by molar-refractivity contribution is -0.305. The fraction of sp³-hybridized carbons (Fsp3) is 0.912. The lowest BCUT2D eigenvalue weighted by atomic mass is 9.99. The maximum atomic E-state index is 12.3. The first-order valence-corrected chi connectivity index (χ1v) is 17.3. The van der Waals surface area contributed by atoms with Crippen LogP contribution in [0.15, 0.2) is 12.2 Å². The average Bonchev–Trinajstić information content (AvgIpc) is 3.00. The molecular formula is C34H64O9. The number of unbranched alkanes of at least 4 members (excludes halogenated alkanes) is 15. The zero-order valence-electron chi connectivity index (χ0n) is 27.2. The van der Waals surface area contributed by atoms with E-state index in [9.17, 15) is 25.2 Å². The topological polar surface area (TPSA) is 135 Å². The first-order chi connectivity index (χ1) is 20.9. The Morgan fingerprint density at radius 3 is 1.88 bits per heavy atom. The first-order valence-electron chi connectivity index (χ1n) is 17.3. The van der Waals surface area contributed by atoms with Gasteiger partial charge in [-0.15, -0.1) is 0 Å². The number of carbonyl (C=O) groups excluding carboxylic acids is 1. The zero-order valence-corrected chi connectivity index (χ0v) is 27.2. The molecule has 0 aromatic carbocycles. The molecule has 0 bridgehead atoms. The Balaban J connectivity index is 2.20. The van der Waals surface area contributed by atoms with Gasteiger partial charge in [0.1, 0.15) is 30.5 Å². The van der Waals surface area contributed by atoms with E-state index < -0.39 is 43.4 Å². The molecule has 4 N–H and O–H groups in total. The molecule has 6 atom stereocenters. The van der Waals surface area contributed by atoms with Gasteiger partial charge in [0.25, 0.3) is 0 Å². The van der Waals surface area contributed by atoms with Gasteiger partial charge in [0, 0.05) is 13.0 Å². The van der Waals surface area contributed by atoms with Gasteiger partial charge >= 0.3 is 5.97 Å². The van der Waals surface area contributed by atoms with Crippen molar-refractivity contribution in [2.75, 3.05) is 26.4 Å². The summed E-state index contributed by atoms with van der Waals surface area (Å²) in [6, 6.07) is 0. The van der Waals surface area contributed by atoms with Crippen LogP contribution in [-0.2, 0) is 23.7 Å². The molecule has 43 heavy (non-hydrogen) atoms. The maximum absolute atomic E-state index is 12.3. The molecule has 1 fully saturated rings. The number of esters is 1. The Kier molecular flexibility index (Phi) is 25.3. The second-order valence-corrected chi connectivity index (χ2v) is 12.0. The molecule has 254 valence electrons. The third-order valence-electron chi connectivity index (χ3n) is 7.93. The van der Waals surface area contributed by atoms with Crippen LogP contribution in [0.25, 0.3) is 0 Å². The van der Waals surface area contributed by atoms with Crippen LogP contribution in [0.4, 0.5) is 0 Å². The molecule has 0 aromatic heterocycles. The Hall–Kier alpha value is -1.07. The number of allylic oxidation sites excluding steroid dienone is 2. The molecule has 1 rings (SSSR count). The molecule has 1 aliphatic rings. The number of hydrogen-bond acceptors (Lipinski definition) is 9. The summed E-state index contributed by atoms with van der Waals surface area (Å²) in [6.07, 6.45) is 18.9. The van der Waals surface area contributed by atoms with Crippen LogP contribution in [0.5, 0.6) is 0 Å². The third kappa shape index (κ3) is 19.8. The van der Waals surface area contributed by atoms with E-state index >= 15 is 0 Å². The van der Waals surface area contributed by atoms with Gasteiger partial charge in [-0.3, -0.25) is 4.79 Å². The number of rotatable bonds is 28. The summed E-state index contributed by atoms with van der Waals surface area (Å²) >= 11 is 0. The maximum Gasteiger partial charge on any atom is 0.306 e. The van der Waals surface area contributed by atoms with Crippen LogP contribution in [-0.4, -0.2) is 89.6 Å². The van der Waals surface area contributed by atoms with Gasteiger partial charge < -0.3 is 39.4 Å². The molecule has 6 unspecified atom stereocenters. The van der Waals surface area contributed by atoms with Crippen molar-refractivity contribution in [2.24, 2.45) is 0 Å². The monoisotopic (exact) mass is 616 g/mol. The molecule has 0 aromatic rings. The van der Waals surface area contributed by atoms with Crippen molar-refractivity contribution in [3.8, 4) is 0 Å². The largest absolute Gasteiger partial charge is 0.457 e. The SMILES string of the molecule is CCCCCCCCC/C=C\CCCCCCCCOCC(COC1OC(CO)C(O)C(O)C1O)OC(=O)CCCCC. The predicted molar refractivity (Wildman–Crippen MR) is 169 cm³/mol. The first kappa shape index (κ1) is 40.0. The van der Waals surface area contributed by atoms with Crippen molar-refractivity contribution >= 4 is 5.97 Å². The molecule has 0 amide bonds. The summed E-state index contributed by atoms with van der Waals surface area (Å²) in [7, 11) is 0. The molecule has 1 saturated heterocycles. The highest BCUT2D eigenvalue weighted by atomic mass is 16.7. The molecule has 0 radical (unpaired) electrons. The van der Waals surface area contributed by atoms with Crippen molar-refractivity contribution in [3.63, 3.8) is 0 Å². The highest BCUT2D eigenvalue weighted by Gasteiger charge is 2.44. The molecule has 0 spiro atoms. The van der Waals surface area contributed by atoms with Crippen molar-refractivity contribution in [1.82, 2.24) is 0 Å². The predicted octanol–water partition coefficient (Wildman–Crippen LogP) is 5.74. The van der Waals surface area contributed by atoms with E-state index in [1.54, 1.807) is 0 Å². The van der Waals surface area contributed by atoms with Gasteiger partial charge in [-0.2, -0.15) is 0 Å². The Labute approximate surface area is 261 Å². The van der Waals surface area contributed by atoms with E-state index in [-0.39, 0.29) is 19.2 Å². The quantitative estimate of drug-likeness (QED) is 0.0493. The normalized spacial score (nSPS) is 23.2. The molecule has 1 aliphatic heterocycles. The van der Waals surface area contributed by atoms with E-state index in [4.69, 9.17) is 18.9 Å². The van der Waals surface area contributed by atoms with Crippen LogP contribution in [0.2, 0.25) is 0 Å². The lowest BCUT2D eigenvalue weighted by Crippen LogP contribution is -2.59. The second-order valence-electron chi connectivity index (χ2n) is 12.0. The summed E-state index contributed by atoms with van der Waals surface area (Å²) in [5.74, 6) is -0.341. The summed E-state index contributed by atoms with van der Waals surface area (Å²) in [5, 5.41) is 39.6. The average molecular weight is 617 g/mol. The minimum absolute atomic E-state index is 0.115. The van der Waals surface area contributed by atoms with Crippen LogP contribution >= 0.6 is 0 Å². The van der Waals surface area contributed by atoms with E-state index in [1.165, 1.54) is 83.5 Å². The molecule has 0 aliphatic carbocycles. The van der Waals surface area contributed by atoms with Gasteiger partial charge in [0.2, 0.25) is 0 Å². The second kappa shape index (κ2) is 27.3. The fourth-order valence-corrected chi connectivity index (χ4v) is 5.13. The van der Waals surface area contributed by atoms with Crippen molar-refractivity contribution in [3.05, 3.63) is 12.2 Å². The van der Waals surface area contributed by atoms with Crippen molar-refractivity contribution in [2.45, 2.75) is 173 Å². The molecular weight excluding hydrogens is 552 g/mol. The number of aliphatic hydroxyl groups is 4. The van der Waals surface area contributed by atoms with E-state index in [0.717, 1.165) is 32.1 Å². The summed E-state index contributed by atoms with van der Waals surface area (Å²) in [5.41, 5.74) is 0. The molecule has 9 nitrogen and oxygen atoms in total. The zero-order chi connectivity index (χ0) is 31.5. The van der Waals surface area contributed by atoms with Crippen LogP contribution in [0, 0.1) is 0 Å². The van der Waals surface area contributed by atoms with Gasteiger partial charge in [-0.05, 0) is 38.5 Å². The highest BCUT2D eigenvalue weighted by molar-refractivity contribution is 5.69. The van der Waals surface area contributed by atoms with Gasteiger partial charge in [0.05, 0.1) is 19.8 Å². The lowest BCUT2D eigenvalue weighted by Gasteiger charge is -2.39. The van der Waals surface area contributed by atoms with Gasteiger partial charge in [-0.1, -0.05) is 103 Å². The minimum Gasteiger partial charge on any atom is -0.457 e. The Morgan fingerprint density at radius 2 is 1.28 bits per heavy atom. The Morgan fingerprint density at radius 1 is 0.721 bits per heavy atom. The molecule has 1 heterocycles. The van der Waals surface area contributed by atoms with Crippen LogP contribution < -0.4 is 0 Å². The molecule has 0 saturated carbocycles. The van der Waals surface area contributed by atoms with Crippen molar-refractivity contribution in [1.29, 1.82) is 0 Å². The van der Waals surface area contributed by atoms with Crippen molar-refractivity contribution < 1.29 is 44.2 Å². The number of hydrogen-bond donors (Lipinski definition) is 4. The van der Waals surface area contributed by atoms with Gasteiger partial charge in [-0.25, -0.2) is 0 Å². The van der Waals surface area contributed by atoms with Crippen LogP contribution in [0.1, 0.15) is 136 Å². The third-order valence-corrected chi connectivity index (χ3v) is 7.93. The van der Waals surface area contributed by atoms with E-state index in [0.29, 0.717) is 13.0 Å². The number of ether oxygens (including phenoxy) is 4. The minimum atomic E-state index is -1.53.